The Morgan fingerprint density at radius 3 is 2.58 bits per heavy atom. The van der Waals surface area contributed by atoms with Gasteiger partial charge in [0.15, 0.2) is 5.13 Å². The first-order valence-corrected chi connectivity index (χ1v) is 10.1. The van der Waals surface area contributed by atoms with Crippen molar-refractivity contribution >= 4 is 44.0 Å². The number of sulfonamides is 1. The standard InChI is InChI=1S/C15H16ClN3O3S2/c1-10-9-23-15(17-10)18-14(20)8-19(12-4-5-12)24(21,22)13-6-2-11(16)3-7-13/h2-3,6-7,9,12H,4-5,8H2,1H3,(H,17,18,20). The smallest absolute Gasteiger partial charge is 0.243 e. The molecule has 0 radical (unpaired) electrons. The predicted molar refractivity (Wildman–Crippen MR) is 93.8 cm³/mol. The molecule has 1 N–H and O–H groups in total. The largest absolute Gasteiger partial charge is 0.301 e. The maximum atomic E-state index is 12.8. The van der Waals surface area contributed by atoms with Crippen molar-refractivity contribution in [3.63, 3.8) is 0 Å². The van der Waals surface area contributed by atoms with Crippen molar-refractivity contribution in [3.05, 3.63) is 40.4 Å². The highest BCUT2D eigenvalue weighted by Crippen LogP contribution is 2.32. The van der Waals surface area contributed by atoms with Crippen molar-refractivity contribution in [1.82, 2.24) is 9.29 Å². The van der Waals surface area contributed by atoms with Crippen LogP contribution in [-0.4, -0.2) is 36.2 Å². The van der Waals surface area contributed by atoms with E-state index in [-0.39, 0.29) is 17.5 Å². The number of aryl methyl sites for hydroxylation is 1. The Hall–Kier alpha value is -1.48. The van der Waals surface area contributed by atoms with Crippen LogP contribution in [0.3, 0.4) is 0 Å². The molecule has 0 saturated heterocycles. The fraction of sp³-hybridized carbons (Fsp3) is 0.333. The van der Waals surface area contributed by atoms with Gasteiger partial charge in [0.25, 0.3) is 0 Å². The second-order valence-electron chi connectivity index (χ2n) is 5.58. The van der Waals surface area contributed by atoms with Gasteiger partial charge in [0, 0.05) is 16.4 Å². The number of amides is 1. The molecule has 1 fully saturated rings. The van der Waals surface area contributed by atoms with E-state index in [4.69, 9.17) is 11.6 Å². The van der Waals surface area contributed by atoms with E-state index in [0.717, 1.165) is 18.5 Å². The van der Waals surface area contributed by atoms with Crippen LogP contribution in [0.15, 0.2) is 34.5 Å². The Morgan fingerprint density at radius 1 is 1.38 bits per heavy atom. The van der Waals surface area contributed by atoms with Crippen molar-refractivity contribution < 1.29 is 13.2 Å². The molecule has 1 aromatic carbocycles. The molecule has 1 saturated carbocycles. The molecule has 1 aromatic heterocycles. The van der Waals surface area contributed by atoms with E-state index in [1.54, 1.807) is 0 Å². The van der Waals surface area contributed by atoms with Crippen molar-refractivity contribution in [2.75, 3.05) is 11.9 Å². The van der Waals surface area contributed by atoms with Crippen molar-refractivity contribution in [1.29, 1.82) is 0 Å². The van der Waals surface area contributed by atoms with E-state index in [1.807, 2.05) is 12.3 Å². The molecule has 0 unspecified atom stereocenters. The summed E-state index contributed by atoms with van der Waals surface area (Å²) in [5, 5.41) is 5.40. The zero-order chi connectivity index (χ0) is 17.3. The Bertz CT molecular complexity index is 845. The van der Waals surface area contributed by atoms with Crippen molar-refractivity contribution in [2.24, 2.45) is 0 Å². The van der Waals surface area contributed by atoms with Gasteiger partial charge in [-0.1, -0.05) is 11.6 Å². The predicted octanol–water partition coefficient (Wildman–Crippen LogP) is 2.90. The third-order valence-corrected chi connectivity index (χ3v) is 6.58. The van der Waals surface area contributed by atoms with Gasteiger partial charge in [-0.2, -0.15) is 4.31 Å². The van der Waals surface area contributed by atoms with Crippen LogP contribution >= 0.6 is 22.9 Å². The lowest BCUT2D eigenvalue weighted by Gasteiger charge is -2.21. The van der Waals surface area contributed by atoms with Crippen LogP contribution in [0.4, 0.5) is 5.13 Å². The number of halogens is 1. The van der Waals surface area contributed by atoms with Gasteiger partial charge in [-0.25, -0.2) is 13.4 Å². The number of benzene rings is 1. The minimum Gasteiger partial charge on any atom is -0.301 e. The molecule has 0 bridgehead atoms. The number of aromatic nitrogens is 1. The molecular formula is C15H16ClN3O3S2. The van der Waals surface area contributed by atoms with Gasteiger partial charge in [0.2, 0.25) is 15.9 Å². The van der Waals surface area contributed by atoms with Gasteiger partial charge in [-0.05, 0) is 44.0 Å². The Balaban J connectivity index is 1.77. The summed E-state index contributed by atoms with van der Waals surface area (Å²) in [7, 11) is -3.74. The highest BCUT2D eigenvalue weighted by atomic mass is 35.5. The number of thiazole rings is 1. The summed E-state index contributed by atoms with van der Waals surface area (Å²) in [6.07, 6.45) is 1.52. The summed E-state index contributed by atoms with van der Waals surface area (Å²) in [6.45, 7) is 1.60. The van der Waals surface area contributed by atoms with E-state index in [9.17, 15) is 13.2 Å². The molecule has 1 heterocycles. The minimum atomic E-state index is -3.74. The zero-order valence-electron chi connectivity index (χ0n) is 12.9. The maximum Gasteiger partial charge on any atom is 0.243 e. The second kappa shape index (κ2) is 6.79. The number of nitrogens with one attached hydrogen (secondary N) is 1. The Labute approximate surface area is 149 Å². The van der Waals surface area contributed by atoms with E-state index >= 15 is 0 Å². The molecule has 24 heavy (non-hydrogen) atoms. The van der Waals surface area contributed by atoms with E-state index < -0.39 is 15.9 Å². The lowest BCUT2D eigenvalue weighted by molar-refractivity contribution is -0.116. The maximum absolute atomic E-state index is 12.8. The van der Waals surface area contributed by atoms with Gasteiger partial charge >= 0.3 is 0 Å². The summed E-state index contributed by atoms with van der Waals surface area (Å²) in [4.78, 5) is 16.5. The summed E-state index contributed by atoms with van der Waals surface area (Å²) in [6, 6.07) is 5.83. The number of carbonyl (C=O) groups is 1. The first-order chi connectivity index (χ1) is 11.4. The molecule has 1 aliphatic carbocycles. The molecule has 0 atom stereocenters. The Kier molecular flexibility index (Phi) is 4.91. The summed E-state index contributed by atoms with van der Waals surface area (Å²) in [5.41, 5.74) is 0.808. The highest BCUT2D eigenvalue weighted by molar-refractivity contribution is 7.89. The van der Waals surface area contributed by atoms with Crippen LogP contribution in [-0.2, 0) is 14.8 Å². The van der Waals surface area contributed by atoms with Crippen LogP contribution in [0.2, 0.25) is 5.02 Å². The molecule has 2 aromatic rings. The van der Waals surface area contributed by atoms with E-state index in [0.29, 0.717) is 10.2 Å². The Morgan fingerprint density at radius 2 is 2.04 bits per heavy atom. The van der Waals surface area contributed by atoms with Gasteiger partial charge in [-0.3, -0.25) is 4.79 Å². The molecule has 1 amide bonds. The zero-order valence-corrected chi connectivity index (χ0v) is 15.3. The normalized spacial score (nSPS) is 14.8. The fourth-order valence-corrected chi connectivity index (χ4v) is 4.70. The van der Waals surface area contributed by atoms with Gasteiger partial charge < -0.3 is 5.32 Å². The molecular weight excluding hydrogens is 370 g/mol. The second-order valence-corrected chi connectivity index (χ2v) is 8.76. The molecule has 6 nitrogen and oxygen atoms in total. The molecule has 0 spiro atoms. The van der Waals surface area contributed by atoms with Crippen LogP contribution < -0.4 is 5.32 Å². The van der Waals surface area contributed by atoms with E-state index in [1.165, 1.54) is 39.9 Å². The van der Waals surface area contributed by atoms with Crippen molar-refractivity contribution in [3.8, 4) is 0 Å². The van der Waals surface area contributed by atoms with Gasteiger partial charge in [0.1, 0.15) is 0 Å². The highest BCUT2D eigenvalue weighted by Gasteiger charge is 2.39. The quantitative estimate of drug-likeness (QED) is 0.829. The molecule has 0 aliphatic heterocycles. The van der Waals surface area contributed by atoms with E-state index in [2.05, 4.69) is 10.3 Å². The summed E-state index contributed by atoms with van der Waals surface area (Å²) >= 11 is 7.12. The average molecular weight is 386 g/mol. The topological polar surface area (TPSA) is 79.4 Å². The summed E-state index contributed by atoms with van der Waals surface area (Å²) < 4.78 is 26.9. The first kappa shape index (κ1) is 17.3. The fourth-order valence-electron chi connectivity index (χ4n) is 2.23. The van der Waals surface area contributed by atoms with Crippen LogP contribution in [0.25, 0.3) is 0 Å². The number of rotatable bonds is 6. The van der Waals surface area contributed by atoms with Crippen molar-refractivity contribution in [2.45, 2.75) is 30.7 Å². The first-order valence-electron chi connectivity index (χ1n) is 7.35. The number of hydrogen-bond donors (Lipinski definition) is 1. The third kappa shape index (κ3) is 3.94. The third-order valence-electron chi connectivity index (χ3n) is 3.54. The lowest BCUT2D eigenvalue weighted by Crippen LogP contribution is -2.39. The molecule has 3 rings (SSSR count). The number of carbonyl (C=O) groups excluding carboxylic acids is 1. The SMILES string of the molecule is Cc1csc(NC(=O)CN(C2CC2)S(=O)(=O)c2ccc(Cl)cc2)n1. The lowest BCUT2D eigenvalue weighted by atomic mass is 10.4. The number of hydrogen-bond acceptors (Lipinski definition) is 5. The van der Waals surface area contributed by atoms with Crippen LogP contribution in [0.1, 0.15) is 18.5 Å². The van der Waals surface area contributed by atoms with Crippen LogP contribution in [0, 0.1) is 6.92 Å². The minimum absolute atomic E-state index is 0.130. The molecule has 9 heteroatoms. The van der Waals surface area contributed by atoms with Crippen LogP contribution in [0.5, 0.6) is 0 Å². The molecule has 1 aliphatic rings. The monoisotopic (exact) mass is 385 g/mol. The van der Waals surface area contributed by atoms with Gasteiger partial charge in [-0.15, -0.1) is 11.3 Å². The number of nitrogens with zero attached hydrogens (tertiary/aromatic N) is 2. The summed E-state index contributed by atoms with van der Waals surface area (Å²) in [5.74, 6) is -0.395. The molecule has 128 valence electrons. The number of anilines is 1. The van der Waals surface area contributed by atoms with Gasteiger partial charge in [0.05, 0.1) is 17.1 Å². The average Bonchev–Trinajstić information content (AvgIpc) is 3.28.